The predicted molar refractivity (Wildman–Crippen MR) is 128 cm³/mol. The fraction of sp³-hybridized carbons (Fsp3) is 0.227. The SMILES string of the molecule is O=C(O)Cn1c(CN2CCN(S(=O)(=O)c3cc4ccc(Cl)cc4s3)CC2=O)cc2cnccc21. The zero-order chi connectivity index (χ0) is 24.0. The van der Waals surface area contributed by atoms with Gasteiger partial charge >= 0.3 is 5.97 Å². The van der Waals surface area contributed by atoms with Gasteiger partial charge in [0.05, 0.1) is 18.6 Å². The van der Waals surface area contributed by atoms with Crippen LogP contribution >= 0.6 is 22.9 Å². The smallest absolute Gasteiger partial charge is 0.323 e. The number of amides is 1. The van der Waals surface area contributed by atoms with E-state index in [1.165, 1.54) is 4.31 Å². The molecule has 0 aliphatic carbocycles. The second-order valence-electron chi connectivity index (χ2n) is 7.95. The Morgan fingerprint density at radius 1 is 1.15 bits per heavy atom. The lowest BCUT2D eigenvalue weighted by Crippen LogP contribution is -2.51. The summed E-state index contributed by atoms with van der Waals surface area (Å²) in [5.74, 6) is -1.34. The monoisotopic (exact) mass is 518 g/mol. The molecule has 4 heterocycles. The summed E-state index contributed by atoms with van der Waals surface area (Å²) in [6.45, 7) is -0.0130. The second kappa shape index (κ2) is 8.66. The number of fused-ring (bicyclic) bond motifs is 2. The van der Waals surface area contributed by atoms with Gasteiger partial charge in [-0.1, -0.05) is 17.7 Å². The van der Waals surface area contributed by atoms with Gasteiger partial charge in [0.2, 0.25) is 5.91 Å². The molecule has 1 aliphatic rings. The van der Waals surface area contributed by atoms with Crippen LogP contribution in [0.1, 0.15) is 5.69 Å². The summed E-state index contributed by atoms with van der Waals surface area (Å²) in [5, 5.41) is 11.4. The first kappa shape index (κ1) is 22.8. The highest BCUT2D eigenvalue weighted by atomic mass is 35.5. The third kappa shape index (κ3) is 4.16. The largest absolute Gasteiger partial charge is 0.480 e. The Kier molecular flexibility index (Phi) is 5.80. The maximum Gasteiger partial charge on any atom is 0.323 e. The summed E-state index contributed by atoms with van der Waals surface area (Å²) in [4.78, 5) is 29.9. The highest BCUT2D eigenvalue weighted by Crippen LogP contribution is 2.33. The van der Waals surface area contributed by atoms with Crippen molar-refractivity contribution < 1.29 is 23.1 Å². The fourth-order valence-electron chi connectivity index (χ4n) is 4.11. The minimum Gasteiger partial charge on any atom is -0.480 e. The number of pyridine rings is 1. The molecule has 0 atom stereocenters. The average Bonchev–Trinajstić information content (AvgIpc) is 3.36. The number of aromatic nitrogens is 2. The Hall–Kier alpha value is -2.99. The number of carboxylic acid groups (broad SMARTS) is 1. The number of piperazine rings is 1. The van der Waals surface area contributed by atoms with E-state index in [9.17, 15) is 23.1 Å². The lowest BCUT2D eigenvalue weighted by atomic mass is 10.3. The zero-order valence-corrected chi connectivity index (χ0v) is 20.1. The van der Waals surface area contributed by atoms with Crippen molar-refractivity contribution in [1.29, 1.82) is 0 Å². The van der Waals surface area contributed by atoms with E-state index >= 15 is 0 Å². The number of benzene rings is 1. The summed E-state index contributed by atoms with van der Waals surface area (Å²) < 4.78 is 30.2. The molecule has 1 N–H and O–H groups in total. The number of carboxylic acids is 1. The standard InChI is InChI=1S/C22H19ClN4O5S2/c23-16-2-1-14-8-22(33-19(14)9-16)34(31,32)26-6-5-25(20(28)12-26)11-17-7-15-10-24-4-3-18(15)27(17)13-21(29)30/h1-4,7-10H,5-6,11-13H2,(H,29,30). The Morgan fingerprint density at radius 3 is 2.74 bits per heavy atom. The van der Waals surface area contributed by atoms with Gasteiger partial charge < -0.3 is 14.6 Å². The van der Waals surface area contributed by atoms with E-state index in [-0.39, 0.29) is 42.8 Å². The molecule has 5 rings (SSSR count). The number of nitrogens with zero attached hydrogens (tertiary/aromatic N) is 4. The first-order valence-corrected chi connectivity index (χ1v) is 13.0. The number of carbonyl (C=O) groups is 2. The summed E-state index contributed by atoms with van der Waals surface area (Å²) >= 11 is 7.14. The molecule has 0 spiro atoms. The van der Waals surface area contributed by atoms with Crippen molar-refractivity contribution in [2.24, 2.45) is 0 Å². The molecule has 9 nitrogen and oxygen atoms in total. The molecule has 1 aromatic carbocycles. The van der Waals surface area contributed by atoms with Crippen LogP contribution in [0.3, 0.4) is 0 Å². The van der Waals surface area contributed by atoms with Gasteiger partial charge in [-0.3, -0.25) is 14.6 Å². The molecule has 3 aromatic heterocycles. The molecular weight excluding hydrogens is 500 g/mol. The fourth-order valence-corrected chi connectivity index (χ4v) is 7.32. The van der Waals surface area contributed by atoms with Crippen molar-refractivity contribution >= 4 is 65.8 Å². The molecule has 1 fully saturated rings. The Labute approximate surface area is 203 Å². The van der Waals surface area contributed by atoms with Crippen LogP contribution in [0.5, 0.6) is 0 Å². The molecule has 0 bridgehead atoms. The number of sulfonamides is 1. The number of thiophene rings is 1. The topological polar surface area (TPSA) is 113 Å². The van der Waals surface area contributed by atoms with E-state index in [0.29, 0.717) is 16.2 Å². The number of hydrogen-bond acceptors (Lipinski definition) is 6. The van der Waals surface area contributed by atoms with Crippen LogP contribution in [0.4, 0.5) is 0 Å². The lowest BCUT2D eigenvalue weighted by Gasteiger charge is -2.33. The molecule has 4 aromatic rings. The molecule has 0 radical (unpaired) electrons. The molecule has 34 heavy (non-hydrogen) atoms. The Bertz CT molecular complexity index is 1550. The van der Waals surface area contributed by atoms with Crippen molar-refractivity contribution in [3.63, 3.8) is 0 Å². The third-order valence-corrected chi connectivity index (χ3v) is 9.40. The van der Waals surface area contributed by atoms with Gasteiger partial charge in [0.1, 0.15) is 10.8 Å². The van der Waals surface area contributed by atoms with Crippen LogP contribution < -0.4 is 0 Å². The summed E-state index contributed by atoms with van der Waals surface area (Å²) in [7, 11) is -3.84. The molecule has 1 aliphatic heterocycles. The minimum absolute atomic E-state index is 0.143. The maximum atomic E-state index is 13.2. The molecule has 176 valence electrons. The summed E-state index contributed by atoms with van der Waals surface area (Å²) in [5.41, 5.74) is 1.36. The number of hydrogen-bond donors (Lipinski definition) is 1. The molecule has 1 amide bonds. The van der Waals surface area contributed by atoms with E-state index in [2.05, 4.69) is 4.98 Å². The number of rotatable bonds is 6. The second-order valence-corrected chi connectivity index (χ2v) is 11.6. The van der Waals surface area contributed by atoms with Crippen LogP contribution in [0, 0.1) is 0 Å². The van der Waals surface area contributed by atoms with Crippen LogP contribution in [-0.4, -0.2) is 63.8 Å². The van der Waals surface area contributed by atoms with Crippen LogP contribution in [-0.2, 0) is 32.7 Å². The number of halogens is 1. The highest BCUT2D eigenvalue weighted by Gasteiger charge is 2.34. The quantitative estimate of drug-likeness (QED) is 0.420. The molecular formula is C22H19ClN4O5S2. The average molecular weight is 519 g/mol. The van der Waals surface area contributed by atoms with E-state index in [1.807, 2.05) is 6.07 Å². The van der Waals surface area contributed by atoms with Gasteiger partial charge in [0.15, 0.2) is 0 Å². The van der Waals surface area contributed by atoms with Crippen LogP contribution in [0.2, 0.25) is 5.02 Å². The summed E-state index contributed by atoms with van der Waals surface area (Å²) in [6.07, 6.45) is 3.23. The van der Waals surface area contributed by atoms with Gasteiger partial charge in [-0.25, -0.2) is 8.42 Å². The van der Waals surface area contributed by atoms with E-state index in [4.69, 9.17) is 11.6 Å². The molecule has 0 unspecified atom stereocenters. The van der Waals surface area contributed by atoms with E-state index < -0.39 is 16.0 Å². The van der Waals surface area contributed by atoms with E-state index in [1.54, 1.807) is 52.2 Å². The first-order chi connectivity index (χ1) is 16.2. The van der Waals surface area contributed by atoms with Crippen molar-refractivity contribution in [3.05, 3.63) is 59.5 Å². The Balaban J connectivity index is 1.36. The van der Waals surface area contributed by atoms with Gasteiger partial charge in [-0.15, -0.1) is 11.3 Å². The molecule has 1 saturated heterocycles. The van der Waals surface area contributed by atoms with Gasteiger partial charge in [-0.05, 0) is 35.7 Å². The Morgan fingerprint density at radius 2 is 1.97 bits per heavy atom. The van der Waals surface area contributed by atoms with Crippen molar-refractivity contribution in [1.82, 2.24) is 18.8 Å². The predicted octanol–water partition coefficient (Wildman–Crippen LogP) is 3.02. The molecule has 0 saturated carbocycles. The van der Waals surface area contributed by atoms with E-state index in [0.717, 1.165) is 26.8 Å². The molecule has 12 heteroatoms. The number of aliphatic carboxylic acids is 1. The zero-order valence-electron chi connectivity index (χ0n) is 17.7. The van der Waals surface area contributed by atoms with Crippen LogP contribution in [0.25, 0.3) is 21.0 Å². The van der Waals surface area contributed by atoms with Gasteiger partial charge in [0.25, 0.3) is 10.0 Å². The normalized spacial score (nSPS) is 15.4. The maximum absolute atomic E-state index is 13.2. The van der Waals surface area contributed by atoms with Crippen molar-refractivity contribution in [2.45, 2.75) is 17.3 Å². The highest BCUT2D eigenvalue weighted by molar-refractivity contribution is 7.91. The number of carbonyl (C=O) groups excluding carboxylic acids is 1. The summed E-state index contributed by atoms with van der Waals surface area (Å²) in [6, 6.07) is 10.3. The van der Waals surface area contributed by atoms with Gasteiger partial charge in [0, 0.05) is 46.3 Å². The third-order valence-electron chi connectivity index (χ3n) is 5.77. The minimum atomic E-state index is -3.84. The van der Waals surface area contributed by atoms with Gasteiger partial charge in [-0.2, -0.15) is 4.31 Å². The van der Waals surface area contributed by atoms with Crippen molar-refractivity contribution in [3.8, 4) is 0 Å². The first-order valence-electron chi connectivity index (χ1n) is 10.3. The lowest BCUT2D eigenvalue weighted by molar-refractivity contribution is -0.137. The van der Waals surface area contributed by atoms with Crippen molar-refractivity contribution in [2.75, 3.05) is 19.6 Å². The van der Waals surface area contributed by atoms with Crippen LogP contribution in [0.15, 0.2) is 53.0 Å².